The van der Waals surface area contributed by atoms with Crippen molar-refractivity contribution in [2.45, 2.75) is 19.9 Å². The molecular weight excluding hydrogens is 417 g/mol. The highest BCUT2D eigenvalue weighted by molar-refractivity contribution is 7.92. The Morgan fingerprint density at radius 1 is 1.03 bits per heavy atom. The zero-order chi connectivity index (χ0) is 22.3. The van der Waals surface area contributed by atoms with E-state index in [4.69, 9.17) is 0 Å². The van der Waals surface area contributed by atoms with Gasteiger partial charge in [0.15, 0.2) is 0 Å². The normalized spacial score (nSPS) is 15.9. The summed E-state index contributed by atoms with van der Waals surface area (Å²) in [6, 6.07) is 13.9. The largest absolute Gasteiger partial charge is 0.340 e. The fraction of sp³-hybridized carbons (Fsp3) is 0.348. The van der Waals surface area contributed by atoms with Crippen LogP contribution in [0, 0.1) is 12.7 Å². The van der Waals surface area contributed by atoms with E-state index in [1.54, 1.807) is 17.0 Å². The first-order chi connectivity index (χ1) is 14.8. The number of benzene rings is 2. The van der Waals surface area contributed by atoms with Gasteiger partial charge in [0, 0.05) is 38.1 Å². The van der Waals surface area contributed by atoms with Crippen molar-refractivity contribution in [3.8, 4) is 0 Å². The molecule has 2 aromatic carbocycles. The molecule has 2 aromatic rings. The second-order valence-corrected chi connectivity index (χ2v) is 9.37. The van der Waals surface area contributed by atoms with Crippen molar-refractivity contribution >= 4 is 22.0 Å². The fourth-order valence-corrected chi connectivity index (χ4v) is 4.15. The van der Waals surface area contributed by atoms with Gasteiger partial charge in [-0.1, -0.05) is 42.0 Å². The zero-order valence-electron chi connectivity index (χ0n) is 17.6. The molecule has 1 heterocycles. The molecule has 0 spiro atoms. The number of hydrogen-bond donors (Lipinski definition) is 1. The van der Waals surface area contributed by atoms with Gasteiger partial charge in [-0.15, -0.1) is 0 Å². The molecule has 1 fully saturated rings. The molecule has 1 aliphatic heterocycles. The molecule has 1 N–H and O–H groups in total. The molecule has 31 heavy (non-hydrogen) atoms. The van der Waals surface area contributed by atoms with Crippen LogP contribution in [0.2, 0.25) is 0 Å². The maximum Gasteiger partial charge on any atom is 0.237 e. The van der Waals surface area contributed by atoms with Crippen LogP contribution in [-0.2, 0) is 21.4 Å². The second kappa shape index (κ2) is 10.7. The highest BCUT2D eigenvalue weighted by Crippen LogP contribution is 2.11. The predicted molar refractivity (Wildman–Crippen MR) is 120 cm³/mol. The molecule has 0 atom stereocenters. The first-order valence-electron chi connectivity index (χ1n) is 10.3. The van der Waals surface area contributed by atoms with Gasteiger partial charge < -0.3 is 4.90 Å². The standard InChI is InChI=1S/C23H28FN3O3S/c1-19-3-5-20(6-4-19)11-16-31(29,30)25-17-23(28)27-13-2-12-26(14-15-27)18-21-7-9-22(24)10-8-21/h3-11,16,25H,2,12-15,17-18H2,1H3/b16-11+. The third-order valence-electron chi connectivity index (χ3n) is 5.20. The average Bonchev–Trinajstić information content (AvgIpc) is 2.99. The van der Waals surface area contributed by atoms with E-state index in [1.165, 1.54) is 18.2 Å². The van der Waals surface area contributed by atoms with E-state index < -0.39 is 10.0 Å². The van der Waals surface area contributed by atoms with Crippen LogP contribution in [0.4, 0.5) is 4.39 Å². The van der Waals surface area contributed by atoms with Crippen molar-refractivity contribution in [3.63, 3.8) is 0 Å². The lowest BCUT2D eigenvalue weighted by molar-refractivity contribution is -0.129. The van der Waals surface area contributed by atoms with Crippen molar-refractivity contribution in [2.24, 2.45) is 0 Å². The first-order valence-corrected chi connectivity index (χ1v) is 11.8. The van der Waals surface area contributed by atoms with Crippen LogP contribution in [0.25, 0.3) is 6.08 Å². The molecule has 1 aliphatic rings. The van der Waals surface area contributed by atoms with Gasteiger partial charge in [-0.05, 0) is 42.7 Å². The number of aryl methyl sites for hydroxylation is 1. The number of hydrogen-bond acceptors (Lipinski definition) is 4. The molecular formula is C23H28FN3O3S. The lowest BCUT2D eigenvalue weighted by Gasteiger charge is -2.22. The summed E-state index contributed by atoms with van der Waals surface area (Å²) in [5.74, 6) is -0.497. The Morgan fingerprint density at radius 2 is 1.74 bits per heavy atom. The quantitative estimate of drug-likeness (QED) is 0.712. The third-order valence-corrected chi connectivity index (χ3v) is 6.24. The number of amides is 1. The van der Waals surface area contributed by atoms with Crippen molar-refractivity contribution in [1.29, 1.82) is 0 Å². The predicted octanol–water partition coefficient (Wildman–Crippen LogP) is 2.76. The average molecular weight is 446 g/mol. The van der Waals surface area contributed by atoms with E-state index in [-0.39, 0.29) is 18.3 Å². The van der Waals surface area contributed by atoms with Crippen LogP contribution in [0.1, 0.15) is 23.1 Å². The summed E-state index contributed by atoms with van der Waals surface area (Å²) in [7, 11) is -3.71. The Labute approximate surface area is 183 Å². The Morgan fingerprint density at radius 3 is 2.45 bits per heavy atom. The minimum absolute atomic E-state index is 0.240. The second-order valence-electron chi connectivity index (χ2n) is 7.72. The van der Waals surface area contributed by atoms with Gasteiger partial charge in [0.2, 0.25) is 15.9 Å². The molecule has 6 nitrogen and oxygen atoms in total. The summed E-state index contributed by atoms with van der Waals surface area (Å²) < 4.78 is 39.8. The lowest BCUT2D eigenvalue weighted by atomic mass is 10.2. The minimum atomic E-state index is -3.71. The van der Waals surface area contributed by atoms with Crippen LogP contribution >= 0.6 is 0 Å². The topological polar surface area (TPSA) is 69.7 Å². The van der Waals surface area contributed by atoms with E-state index >= 15 is 0 Å². The summed E-state index contributed by atoms with van der Waals surface area (Å²) in [5, 5.41) is 1.08. The molecule has 3 rings (SSSR count). The van der Waals surface area contributed by atoms with Crippen LogP contribution in [-0.4, -0.2) is 56.8 Å². The van der Waals surface area contributed by atoms with E-state index in [9.17, 15) is 17.6 Å². The van der Waals surface area contributed by atoms with E-state index in [2.05, 4.69) is 9.62 Å². The summed E-state index contributed by atoms with van der Waals surface area (Å²) in [5.41, 5.74) is 2.89. The highest BCUT2D eigenvalue weighted by atomic mass is 32.2. The highest BCUT2D eigenvalue weighted by Gasteiger charge is 2.20. The molecule has 0 aromatic heterocycles. The van der Waals surface area contributed by atoms with Gasteiger partial charge >= 0.3 is 0 Å². The molecule has 8 heteroatoms. The number of sulfonamides is 1. The molecule has 166 valence electrons. The Kier molecular flexibility index (Phi) is 7.95. The SMILES string of the molecule is Cc1ccc(/C=C/S(=O)(=O)NCC(=O)N2CCCN(Cc3ccc(F)cc3)CC2)cc1. The molecule has 1 amide bonds. The summed E-state index contributed by atoms with van der Waals surface area (Å²) >= 11 is 0. The van der Waals surface area contributed by atoms with Crippen molar-refractivity contribution in [3.05, 3.63) is 76.4 Å². The smallest absolute Gasteiger partial charge is 0.237 e. The molecule has 0 saturated carbocycles. The van der Waals surface area contributed by atoms with Crippen molar-refractivity contribution < 1.29 is 17.6 Å². The monoisotopic (exact) mass is 445 g/mol. The number of carbonyl (C=O) groups excluding carboxylic acids is 1. The van der Waals surface area contributed by atoms with Crippen LogP contribution in [0.15, 0.2) is 53.9 Å². The van der Waals surface area contributed by atoms with Gasteiger partial charge in [0.25, 0.3) is 0 Å². The third kappa shape index (κ3) is 7.57. The summed E-state index contributed by atoms with van der Waals surface area (Å²) in [4.78, 5) is 16.4. The summed E-state index contributed by atoms with van der Waals surface area (Å²) in [6.07, 6.45) is 2.30. The minimum Gasteiger partial charge on any atom is -0.340 e. The maximum absolute atomic E-state index is 13.1. The number of nitrogens with one attached hydrogen (secondary N) is 1. The van der Waals surface area contributed by atoms with Gasteiger partial charge in [-0.3, -0.25) is 9.69 Å². The zero-order valence-corrected chi connectivity index (χ0v) is 18.4. The Balaban J connectivity index is 1.47. The van der Waals surface area contributed by atoms with E-state index in [1.807, 2.05) is 31.2 Å². The molecule has 0 unspecified atom stereocenters. The first kappa shape index (κ1) is 23.1. The summed E-state index contributed by atoms with van der Waals surface area (Å²) in [6.45, 7) is 5.01. The van der Waals surface area contributed by atoms with Crippen molar-refractivity contribution in [2.75, 3.05) is 32.7 Å². The molecule has 1 saturated heterocycles. The van der Waals surface area contributed by atoms with E-state index in [0.29, 0.717) is 26.2 Å². The van der Waals surface area contributed by atoms with Gasteiger partial charge in [-0.2, -0.15) is 0 Å². The number of halogens is 1. The molecule has 0 bridgehead atoms. The number of rotatable bonds is 7. The molecule has 0 radical (unpaired) electrons. The van der Waals surface area contributed by atoms with Crippen molar-refractivity contribution in [1.82, 2.24) is 14.5 Å². The van der Waals surface area contributed by atoms with Gasteiger partial charge in [-0.25, -0.2) is 17.5 Å². The number of nitrogens with zero attached hydrogens (tertiary/aromatic N) is 2. The molecule has 0 aliphatic carbocycles. The maximum atomic E-state index is 13.1. The van der Waals surface area contributed by atoms with E-state index in [0.717, 1.165) is 35.1 Å². The Bertz CT molecular complexity index is 1010. The van der Waals surface area contributed by atoms with Gasteiger partial charge in [0.1, 0.15) is 5.82 Å². The lowest BCUT2D eigenvalue weighted by Crippen LogP contribution is -2.41. The fourth-order valence-electron chi connectivity index (χ4n) is 3.39. The van der Waals surface area contributed by atoms with Crippen LogP contribution in [0.5, 0.6) is 0 Å². The Hall–Kier alpha value is -2.55. The number of carbonyl (C=O) groups is 1. The van der Waals surface area contributed by atoms with Crippen LogP contribution < -0.4 is 4.72 Å². The van der Waals surface area contributed by atoms with Gasteiger partial charge in [0.05, 0.1) is 6.54 Å². The van der Waals surface area contributed by atoms with Crippen LogP contribution in [0.3, 0.4) is 0 Å².